The van der Waals surface area contributed by atoms with E-state index in [4.69, 9.17) is 4.74 Å². The Labute approximate surface area is 165 Å². The summed E-state index contributed by atoms with van der Waals surface area (Å²) in [6.07, 6.45) is 1.81. The Morgan fingerprint density at radius 3 is 2.50 bits per heavy atom. The second kappa shape index (κ2) is 6.97. The van der Waals surface area contributed by atoms with Crippen molar-refractivity contribution < 1.29 is 14.3 Å². The molecule has 28 heavy (non-hydrogen) atoms. The van der Waals surface area contributed by atoms with Crippen LogP contribution < -0.4 is 15.4 Å². The first kappa shape index (κ1) is 18.5. The third kappa shape index (κ3) is 2.95. The molecule has 3 atom stereocenters. The summed E-state index contributed by atoms with van der Waals surface area (Å²) in [5.41, 5.74) is 2.60. The monoisotopic (exact) mass is 378 g/mol. The molecule has 2 N–H and O–H groups in total. The van der Waals surface area contributed by atoms with Crippen molar-refractivity contribution in [1.82, 2.24) is 10.6 Å². The van der Waals surface area contributed by atoms with Crippen molar-refractivity contribution in [3.63, 3.8) is 0 Å². The summed E-state index contributed by atoms with van der Waals surface area (Å²) >= 11 is 0. The molecular formula is C23H26N2O3. The molecule has 1 aliphatic carbocycles. The van der Waals surface area contributed by atoms with Gasteiger partial charge in [0.25, 0.3) is 11.8 Å². The fourth-order valence-corrected chi connectivity index (χ4v) is 4.11. The zero-order chi connectivity index (χ0) is 19.9. The van der Waals surface area contributed by atoms with Crippen LogP contribution in [-0.4, -0.2) is 31.5 Å². The molecule has 2 aliphatic rings. The van der Waals surface area contributed by atoms with Crippen molar-refractivity contribution in [1.29, 1.82) is 0 Å². The molecule has 0 spiro atoms. The van der Waals surface area contributed by atoms with Gasteiger partial charge >= 0.3 is 0 Å². The van der Waals surface area contributed by atoms with E-state index in [1.807, 2.05) is 24.3 Å². The normalized spacial score (nSPS) is 24.8. The number of hydrogen-bond donors (Lipinski definition) is 2. The van der Waals surface area contributed by atoms with Gasteiger partial charge in [0.1, 0.15) is 12.4 Å². The Kier molecular flexibility index (Phi) is 4.61. The molecule has 2 aromatic carbocycles. The van der Waals surface area contributed by atoms with Gasteiger partial charge < -0.3 is 15.4 Å². The topological polar surface area (TPSA) is 67.4 Å². The van der Waals surface area contributed by atoms with Gasteiger partial charge in [0, 0.05) is 24.2 Å². The van der Waals surface area contributed by atoms with Crippen LogP contribution in [0.4, 0.5) is 0 Å². The van der Waals surface area contributed by atoms with Crippen molar-refractivity contribution in [2.75, 3.05) is 13.7 Å². The van der Waals surface area contributed by atoms with Gasteiger partial charge in [-0.2, -0.15) is 0 Å². The zero-order valence-electron chi connectivity index (χ0n) is 16.5. The molecule has 2 amide bonds. The molecular weight excluding hydrogens is 352 g/mol. The minimum Gasteiger partial charge on any atom is -0.491 e. The highest BCUT2D eigenvalue weighted by Crippen LogP contribution is 2.48. The first-order chi connectivity index (χ1) is 13.5. The number of rotatable bonds is 5. The molecule has 1 fully saturated rings. The Morgan fingerprint density at radius 1 is 1.18 bits per heavy atom. The number of amides is 2. The summed E-state index contributed by atoms with van der Waals surface area (Å²) in [4.78, 5) is 25.4. The van der Waals surface area contributed by atoms with Gasteiger partial charge in [-0.25, -0.2) is 0 Å². The highest BCUT2D eigenvalue weighted by Gasteiger charge is 2.43. The van der Waals surface area contributed by atoms with Crippen molar-refractivity contribution in [2.45, 2.75) is 38.1 Å². The van der Waals surface area contributed by atoms with E-state index in [1.54, 1.807) is 13.1 Å². The number of ether oxygens (including phenoxy) is 1. The first-order valence-corrected chi connectivity index (χ1v) is 9.90. The number of hydrogen-bond acceptors (Lipinski definition) is 3. The highest BCUT2D eigenvalue weighted by atomic mass is 16.5. The van der Waals surface area contributed by atoms with Crippen molar-refractivity contribution in [2.24, 2.45) is 5.92 Å². The molecule has 2 aromatic rings. The maximum absolute atomic E-state index is 12.9. The SMILES string of the molecule is CCC1(c2ccccc2)COc2c(C(=O)NC)cc(C(=O)N[C@H]3C[C@@H]3C)cc21. The number of carbonyl (C=O) groups excluding carboxylic acids is 2. The van der Waals surface area contributed by atoms with Gasteiger partial charge in [-0.1, -0.05) is 44.2 Å². The van der Waals surface area contributed by atoms with Crippen LogP contribution in [0.5, 0.6) is 5.75 Å². The van der Waals surface area contributed by atoms with Crippen molar-refractivity contribution in [3.8, 4) is 5.75 Å². The molecule has 1 aliphatic heterocycles. The number of benzene rings is 2. The van der Waals surface area contributed by atoms with E-state index in [2.05, 4.69) is 36.6 Å². The van der Waals surface area contributed by atoms with Gasteiger partial charge in [-0.05, 0) is 36.5 Å². The second-order valence-electron chi connectivity index (χ2n) is 7.86. The van der Waals surface area contributed by atoms with E-state index in [-0.39, 0.29) is 23.3 Å². The van der Waals surface area contributed by atoms with E-state index < -0.39 is 0 Å². The van der Waals surface area contributed by atoms with Crippen LogP contribution >= 0.6 is 0 Å². The molecule has 1 unspecified atom stereocenters. The van der Waals surface area contributed by atoms with Crippen LogP contribution in [0.15, 0.2) is 42.5 Å². The van der Waals surface area contributed by atoms with E-state index in [9.17, 15) is 9.59 Å². The zero-order valence-corrected chi connectivity index (χ0v) is 16.5. The highest BCUT2D eigenvalue weighted by molar-refractivity contribution is 6.02. The fourth-order valence-electron chi connectivity index (χ4n) is 4.11. The van der Waals surface area contributed by atoms with E-state index in [0.717, 1.165) is 24.0 Å². The van der Waals surface area contributed by atoms with Crippen molar-refractivity contribution in [3.05, 3.63) is 64.7 Å². The van der Waals surface area contributed by atoms with Crippen LogP contribution in [0.3, 0.4) is 0 Å². The van der Waals surface area contributed by atoms with Crippen molar-refractivity contribution >= 4 is 11.8 Å². The van der Waals surface area contributed by atoms with Crippen LogP contribution in [-0.2, 0) is 5.41 Å². The lowest BCUT2D eigenvalue weighted by molar-refractivity contribution is 0.0949. The minimum absolute atomic E-state index is 0.132. The number of nitrogens with one attached hydrogen (secondary N) is 2. The molecule has 0 aromatic heterocycles. The molecule has 1 saturated carbocycles. The lowest BCUT2D eigenvalue weighted by atomic mass is 9.73. The standard InChI is InChI=1S/C23H26N2O3/c1-4-23(16-8-6-5-7-9-16)13-28-20-17(22(27)24-3)11-15(12-18(20)23)21(26)25-19-10-14(19)2/h5-9,11-12,14,19H,4,10,13H2,1-3H3,(H,24,27)(H,25,26)/t14-,19-,23?/m0/s1. The third-order valence-corrected chi connectivity index (χ3v) is 6.16. The average molecular weight is 378 g/mol. The smallest absolute Gasteiger partial charge is 0.254 e. The summed E-state index contributed by atoms with van der Waals surface area (Å²) in [5.74, 6) is 0.721. The molecule has 0 saturated heterocycles. The Balaban J connectivity index is 1.84. The molecule has 1 heterocycles. The van der Waals surface area contributed by atoms with Gasteiger partial charge in [0.05, 0.1) is 11.0 Å². The van der Waals surface area contributed by atoms with E-state index in [1.165, 1.54) is 0 Å². The third-order valence-electron chi connectivity index (χ3n) is 6.16. The summed E-state index contributed by atoms with van der Waals surface area (Å²) in [5, 5.41) is 5.74. The van der Waals surface area contributed by atoms with E-state index in [0.29, 0.717) is 29.4 Å². The quantitative estimate of drug-likeness (QED) is 0.839. The van der Waals surface area contributed by atoms with Crippen LogP contribution in [0, 0.1) is 5.92 Å². The lowest BCUT2D eigenvalue weighted by Gasteiger charge is -2.27. The van der Waals surface area contributed by atoms with E-state index >= 15 is 0 Å². The van der Waals surface area contributed by atoms with Gasteiger partial charge in [-0.3, -0.25) is 9.59 Å². The molecule has 5 heteroatoms. The predicted molar refractivity (Wildman–Crippen MR) is 108 cm³/mol. The van der Waals surface area contributed by atoms with Gasteiger partial charge in [0.2, 0.25) is 0 Å². The first-order valence-electron chi connectivity index (χ1n) is 9.90. The lowest BCUT2D eigenvalue weighted by Crippen LogP contribution is -2.30. The average Bonchev–Trinajstić information content (AvgIpc) is 3.28. The second-order valence-corrected chi connectivity index (χ2v) is 7.86. The van der Waals surface area contributed by atoms with Crippen LogP contribution in [0.25, 0.3) is 0 Å². The molecule has 4 rings (SSSR count). The number of fused-ring (bicyclic) bond motifs is 1. The Morgan fingerprint density at radius 2 is 1.89 bits per heavy atom. The molecule has 0 bridgehead atoms. The summed E-state index contributed by atoms with van der Waals surface area (Å²) < 4.78 is 6.07. The maximum atomic E-state index is 12.9. The molecule has 5 nitrogen and oxygen atoms in total. The van der Waals surface area contributed by atoms with Gasteiger partial charge in [-0.15, -0.1) is 0 Å². The molecule has 146 valence electrons. The summed E-state index contributed by atoms with van der Waals surface area (Å²) in [6.45, 7) is 4.69. The predicted octanol–water partition coefficient (Wildman–Crippen LogP) is 3.27. The Hall–Kier alpha value is -2.82. The summed E-state index contributed by atoms with van der Waals surface area (Å²) in [6, 6.07) is 14.0. The Bertz CT molecular complexity index is 925. The molecule has 0 radical (unpaired) electrons. The van der Waals surface area contributed by atoms with Crippen LogP contribution in [0.1, 0.15) is 58.5 Å². The minimum atomic E-state index is -0.372. The van der Waals surface area contributed by atoms with Crippen LogP contribution in [0.2, 0.25) is 0 Å². The fraction of sp³-hybridized carbons (Fsp3) is 0.391. The summed E-state index contributed by atoms with van der Waals surface area (Å²) in [7, 11) is 1.59. The largest absolute Gasteiger partial charge is 0.491 e. The number of carbonyl (C=O) groups is 2. The van der Waals surface area contributed by atoms with Gasteiger partial charge in [0.15, 0.2) is 0 Å². The maximum Gasteiger partial charge on any atom is 0.254 e.